The van der Waals surface area contributed by atoms with Crippen molar-refractivity contribution in [3.05, 3.63) is 53.8 Å². The van der Waals surface area contributed by atoms with Gasteiger partial charge >= 0.3 is 0 Å². The number of phenolic OH excluding ortho intramolecular Hbond substituents is 1. The summed E-state index contributed by atoms with van der Waals surface area (Å²) in [5, 5.41) is 21.7. The molecule has 0 bridgehead atoms. The van der Waals surface area contributed by atoms with Crippen LogP contribution < -0.4 is 14.8 Å². The van der Waals surface area contributed by atoms with E-state index in [9.17, 15) is 19.0 Å². The Labute approximate surface area is 194 Å². The number of nitrogens with one attached hydrogen (secondary N) is 1. The van der Waals surface area contributed by atoms with Crippen LogP contribution in [0.15, 0.2) is 42.5 Å². The maximum absolute atomic E-state index is 13.3. The first kappa shape index (κ1) is 25.5. The Morgan fingerprint density at radius 2 is 1.76 bits per heavy atom. The third-order valence-corrected chi connectivity index (χ3v) is 7.59. The predicted molar refractivity (Wildman–Crippen MR) is 125 cm³/mol. The summed E-state index contributed by atoms with van der Waals surface area (Å²) in [6, 6.07) is 11.4. The van der Waals surface area contributed by atoms with Crippen LogP contribution in [0.3, 0.4) is 0 Å². The first-order valence-corrected chi connectivity index (χ1v) is 12.7. The molecule has 0 spiro atoms. The number of hydrogen-bond acceptors (Lipinski definition) is 6. The van der Waals surface area contributed by atoms with Gasteiger partial charge in [-0.05, 0) is 55.6 Å². The smallest absolute Gasteiger partial charge is 0.198 e. The van der Waals surface area contributed by atoms with E-state index in [1.165, 1.54) is 12.1 Å². The van der Waals surface area contributed by atoms with Gasteiger partial charge in [0.1, 0.15) is 30.8 Å². The number of ether oxygens (including phenoxy) is 2. The number of aliphatic hydroxyl groups is 1. The molecule has 1 fully saturated rings. The Morgan fingerprint density at radius 1 is 1.06 bits per heavy atom. The van der Waals surface area contributed by atoms with Gasteiger partial charge in [-0.3, -0.25) is 4.57 Å². The summed E-state index contributed by atoms with van der Waals surface area (Å²) < 4.78 is 36.4. The third-order valence-electron chi connectivity index (χ3n) is 6.03. The molecule has 3 rings (SSSR count). The fourth-order valence-electron chi connectivity index (χ4n) is 3.95. The predicted octanol–water partition coefficient (Wildman–Crippen LogP) is 3.65. The molecule has 1 aliphatic carbocycles. The lowest BCUT2D eigenvalue weighted by Crippen LogP contribution is -2.34. The van der Waals surface area contributed by atoms with E-state index < -0.39 is 30.9 Å². The van der Waals surface area contributed by atoms with Crippen molar-refractivity contribution in [3.63, 3.8) is 0 Å². The number of aromatic hydroxyl groups is 1. The summed E-state index contributed by atoms with van der Waals surface area (Å²) in [6.45, 7) is 1.26. The van der Waals surface area contributed by atoms with Gasteiger partial charge in [-0.2, -0.15) is 0 Å². The normalized spacial score (nSPS) is 17.3. The van der Waals surface area contributed by atoms with Crippen LogP contribution in [0.5, 0.6) is 17.2 Å². The van der Waals surface area contributed by atoms with Gasteiger partial charge in [-0.1, -0.05) is 31.4 Å². The Hall–Kier alpha value is -2.12. The number of halogens is 1. The van der Waals surface area contributed by atoms with E-state index in [0.29, 0.717) is 18.8 Å². The summed E-state index contributed by atoms with van der Waals surface area (Å²) in [7, 11) is -2.66. The largest absolute Gasteiger partial charge is 0.505 e. The van der Waals surface area contributed by atoms with Gasteiger partial charge in [0.15, 0.2) is 19.6 Å². The lowest BCUT2D eigenvalue weighted by molar-refractivity contribution is 0.106. The van der Waals surface area contributed by atoms with E-state index in [4.69, 9.17) is 14.6 Å². The highest BCUT2D eigenvalue weighted by Crippen LogP contribution is 2.46. The fraction of sp³-hybridized carbons (Fsp3) is 0.500. The molecule has 7 nitrogen and oxygen atoms in total. The lowest BCUT2D eigenvalue weighted by atomic mass is 9.89. The molecule has 1 aliphatic rings. The van der Waals surface area contributed by atoms with E-state index >= 15 is 0 Å². The van der Waals surface area contributed by atoms with Gasteiger partial charge in [0.25, 0.3) is 0 Å². The van der Waals surface area contributed by atoms with Crippen molar-refractivity contribution < 1.29 is 33.5 Å². The molecule has 0 aliphatic heterocycles. The van der Waals surface area contributed by atoms with Crippen molar-refractivity contribution in [2.24, 2.45) is 0 Å². The minimum atomic E-state index is -2.66. The Morgan fingerprint density at radius 3 is 2.42 bits per heavy atom. The maximum atomic E-state index is 13.3. The van der Waals surface area contributed by atoms with Gasteiger partial charge in [0, 0.05) is 12.6 Å². The molecule has 1 saturated carbocycles. The Kier molecular flexibility index (Phi) is 9.56. The number of phenols is 1. The second kappa shape index (κ2) is 12.4. The third kappa shape index (κ3) is 7.71. The molecule has 0 aromatic heterocycles. The number of hydrogen-bond donors (Lipinski definition) is 4. The van der Waals surface area contributed by atoms with Crippen LogP contribution in [0.1, 0.15) is 37.7 Å². The highest BCUT2D eigenvalue weighted by atomic mass is 31.1. The first-order valence-electron chi connectivity index (χ1n) is 11.3. The number of aliphatic hydroxyl groups excluding tert-OH is 1. The van der Waals surface area contributed by atoms with Crippen molar-refractivity contribution in [3.8, 4) is 17.2 Å². The molecule has 2 aromatic carbocycles. The van der Waals surface area contributed by atoms with Crippen molar-refractivity contribution in [2.75, 3.05) is 26.3 Å². The molecule has 4 N–H and O–H groups in total. The van der Waals surface area contributed by atoms with Crippen LogP contribution in [0, 0.1) is 5.82 Å². The monoisotopic (exact) mass is 481 g/mol. The van der Waals surface area contributed by atoms with Crippen molar-refractivity contribution >= 4 is 8.03 Å². The van der Waals surface area contributed by atoms with Crippen LogP contribution in [0.2, 0.25) is 0 Å². The standard InChI is InChI=1S/C24H33FNO6P/c25-22-14-21(8-9-23(22)28)31-16-19(27)15-26-13-10-18-4-6-20(7-5-18)32-17-24(33(29)30)11-2-1-3-12-24/h4-9,14,19,26-28,33H,1-3,10-13,15-17H2,(H,29,30). The Balaban J connectivity index is 1.34. The summed E-state index contributed by atoms with van der Waals surface area (Å²) in [4.78, 5) is 9.83. The zero-order valence-corrected chi connectivity index (χ0v) is 19.6. The van der Waals surface area contributed by atoms with Crippen molar-refractivity contribution in [1.82, 2.24) is 5.32 Å². The van der Waals surface area contributed by atoms with E-state index in [2.05, 4.69) is 5.32 Å². The summed E-state index contributed by atoms with van der Waals surface area (Å²) >= 11 is 0. The topological polar surface area (TPSA) is 108 Å². The van der Waals surface area contributed by atoms with E-state index in [-0.39, 0.29) is 19.0 Å². The molecule has 2 atom stereocenters. The highest BCUT2D eigenvalue weighted by Gasteiger charge is 2.38. The minimum Gasteiger partial charge on any atom is -0.505 e. The molecule has 0 heterocycles. The van der Waals surface area contributed by atoms with Gasteiger partial charge in [0.2, 0.25) is 0 Å². The second-order valence-corrected chi connectivity index (χ2v) is 10.3. The summed E-state index contributed by atoms with van der Waals surface area (Å²) in [6.07, 6.45) is 4.54. The molecular formula is C24H33FNO6P. The molecule has 2 aromatic rings. The van der Waals surface area contributed by atoms with Crippen molar-refractivity contribution in [2.45, 2.75) is 49.8 Å². The van der Waals surface area contributed by atoms with Crippen molar-refractivity contribution in [1.29, 1.82) is 0 Å². The minimum absolute atomic E-state index is 0.00486. The second-order valence-electron chi connectivity index (χ2n) is 8.61. The number of rotatable bonds is 12. The molecule has 33 heavy (non-hydrogen) atoms. The molecule has 0 radical (unpaired) electrons. The van der Waals surface area contributed by atoms with Crippen LogP contribution in [0.25, 0.3) is 0 Å². The van der Waals surface area contributed by atoms with Crippen LogP contribution in [-0.4, -0.2) is 52.7 Å². The quantitative estimate of drug-likeness (QED) is 0.271. The average molecular weight is 482 g/mol. The van der Waals surface area contributed by atoms with Crippen LogP contribution in [0.4, 0.5) is 4.39 Å². The van der Waals surface area contributed by atoms with Crippen LogP contribution in [-0.2, 0) is 11.0 Å². The zero-order valence-electron chi connectivity index (χ0n) is 18.6. The molecule has 2 unspecified atom stereocenters. The van der Waals surface area contributed by atoms with Gasteiger partial charge < -0.3 is 29.9 Å². The highest BCUT2D eigenvalue weighted by molar-refractivity contribution is 7.40. The van der Waals surface area contributed by atoms with Gasteiger partial charge in [-0.15, -0.1) is 0 Å². The fourth-order valence-corrected chi connectivity index (χ4v) is 4.93. The van der Waals surface area contributed by atoms with E-state index in [1.807, 2.05) is 24.3 Å². The van der Waals surface area contributed by atoms with Gasteiger partial charge in [0.05, 0.1) is 5.16 Å². The average Bonchev–Trinajstić information content (AvgIpc) is 2.82. The number of benzene rings is 2. The molecule has 0 amide bonds. The van der Waals surface area contributed by atoms with Crippen LogP contribution >= 0.6 is 8.03 Å². The summed E-state index contributed by atoms with van der Waals surface area (Å²) in [5.41, 5.74) is 1.10. The first-order chi connectivity index (χ1) is 15.9. The molecular weight excluding hydrogens is 448 g/mol. The zero-order chi connectivity index (χ0) is 23.7. The summed E-state index contributed by atoms with van der Waals surface area (Å²) in [5.74, 6) is -0.278. The van der Waals surface area contributed by atoms with Gasteiger partial charge in [-0.25, -0.2) is 4.39 Å². The molecule has 0 saturated heterocycles. The Bertz CT molecular complexity index is 904. The lowest BCUT2D eigenvalue weighted by Gasteiger charge is -2.34. The molecule has 9 heteroatoms. The van der Waals surface area contributed by atoms with E-state index in [0.717, 1.165) is 50.2 Å². The van der Waals surface area contributed by atoms with E-state index in [1.54, 1.807) is 0 Å². The maximum Gasteiger partial charge on any atom is 0.198 e. The SMILES string of the molecule is O=[PH](O)C1(COc2ccc(CCNCC(O)COc3ccc(O)c(F)c3)cc2)CCCCC1. The molecule has 182 valence electrons.